The lowest BCUT2D eigenvalue weighted by Gasteiger charge is -2.39. The lowest BCUT2D eigenvalue weighted by Crippen LogP contribution is -2.37. The summed E-state index contributed by atoms with van der Waals surface area (Å²) in [5, 5.41) is 2.85. The Kier molecular flexibility index (Phi) is 5.43. The second-order valence-corrected chi connectivity index (χ2v) is 11.3. The van der Waals surface area contributed by atoms with Gasteiger partial charge in [0.2, 0.25) is 10.0 Å². The number of hydrogen-bond donors (Lipinski definition) is 1. The topological polar surface area (TPSA) is 66.5 Å². The minimum absolute atomic E-state index is 0.0363. The van der Waals surface area contributed by atoms with Gasteiger partial charge in [0.25, 0.3) is 5.91 Å². The molecule has 1 saturated carbocycles. The average molecular weight is 393 g/mol. The first-order chi connectivity index (χ1) is 12.6. The SMILES string of the molecule is CCCCNC(=O)c1cccc(S(=O)(=O)N2C[C@@]3(C)C[C@H]2CC(C)(C)C3)c1. The molecule has 1 saturated heterocycles. The first-order valence-electron chi connectivity index (χ1n) is 9.96. The van der Waals surface area contributed by atoms with Gasteiger partial charge in [0.05, 0.1) is 4.90 Å². The van der Waals surface area contributed by atoms with Crippen molar-refractivity contribution < 1.29 is 13.2 Å². The van der Waals surface area contributed by atoms with Gasteiger partial charge in [-0.1, -0.05) is 40.2 Å². The van der Waals surface area contributed by atoms with Crippen molar-refractivity contribution in [2.24, 2.45) is 10.8 Å². The molecular formula is C21H32N2O3S. The molecule has 0 aromatic heterocycles. The average Bonchev–Trinajstić information content (AvgIpc) is 2.84. The van der Waals surface area contributed by atoms with Crippen molar-refractivity contribution in [1.29, 1.82) is 0 Å². The van der Waals surface area contributed by atoms with Crippen LogP contribution in [0.25, 0.3) is 0 Å². The van der Waals surface area contributed by atoms with Gasteiger partial charge in [-0.15, -0.1) is 0 Å². The van der Waals surface area contributed by atoms with Crippen LogP contribution >= 0.6 is 0 Å². The van der Waals surface area contributed by atoms with Crippen LogP contribution in [0, 0.1) is 10.8 Å². The van der Waals surface area contributed by atoms with Crippen LogP contribution in [0.2, 0.25) is 0 Å². The molecule has 2 atom stereocenters. The number of benzene rings is 1. The molecular weight excluding hydrogens is 360 g/mol. The molecule has 1 aromatic carbocycles. The van der Waals surface area contributed by atoms with E-state index in [0.717, 1.165) is 32.1 Å². The highest BCUT2D eigenvalue weighted by molar-refractivity contribution is 7.89. The lowest BCUT2D eigenvalue weighted by molar-refractivity contribution is 0.0953. The Morgan fingerprint density at radius 1 is 1.26 bits per heavy atom. The standard InChI is InChI=1S/C21H32N2O3S/c1-5-6-10-22-19(24)16-8-7-9-18(11-16)27(25,26)23-15-21(4)13-17(23)12-20(2,3)14-21/h7-9,11,17H,5-6,10,12-15H2,1-4H3,(H,22,24)/t17-,21+/m1/s1. The Bertz CT molecular complexity index is 818. The minimum atomic E-state index is -3.61. The molecule has 2 fully saturated rings. The summed E-state index contributed by atoms with van der Waals surface area (Å²) in [4.78, 5) is 12.5. The zero-order valence-electron chi connectivity index (χ0n) is 16.9. The normalized spacial score (nSPS) is 27.5. The van der Waals surface area contributed by atoms with E-state index in [2.05, 4.69) is 33.0 Å². The number of fused-ring (bicyclic) bond motifs is 2. The molecule has 2 aliphatic rings. The minimum Gasteiger partial charge on any atom is -0.352 e. The van der Waals surface area contributed by atoms with Crippen LogP contribution < -0.4 is 5.32 Å². The van der Waals surface area contributed by atoms with Crippen molar-refractivity contribution in [3.8, 4) is 0 Å². The number of carbonyl (C=O) groups is 1. The van der Waals surface area contributed by atoms with Crippen LogP contribution in [0.15, 0.2) is 29.2 Å². The number of rotatable bonds is 6. The van der Waals surface area contributed by atoms with Gasteiger partial charge in [-0.2, -0.15) is 4.31 Å². The number of hydrogen-bond acceptors (Lipinski definition) is 3. The van der Waals surface area contributed by atoms with Crippen LogP contribution in [0.3, 0.4) is 0 Å². The molecule has 1 aromatic rings. The summed E-state index contributed by atoms with van der Waals surface area (Å²) in [6, 6.07) is 6.51. The summed E-state index contributed by atoms with van der Waals surface area (Å²) in [5.74, 6) is -0.214. The maximum atomic E-state index is 13.4. The van der Waals surface area contributed by atoms with Gasteiger partial charge in [-0.3, -0.25) is 4.79 Å². The fourth-order valence-electron chi connectivity index (χ4n) is 5.10. The molecule has 0 unspecified atom stereocenters. The number of nitrogens with one attached hydrogen (secondary N) is 1. The molecule has 2 bridgehead atoms. The van der Waals surface area contributed by atoms with Crippen LogP contribution in [0.1, 0.15) is 70.2 Å². The van der Waals surface area contributed by atoms with Crippen molar-refractivity contribution in [1.82, 2.24) is 9.62 Å². The Morgan fingerprint density at radius 2 is 2.00 bits per heavy atom. The number of nitrogens with zero attached hydrogens (tertiary/aromatic N) is 1. The fourth-order valence-corrected chi connectivity index (χ4v) is 6.92. The molecule has 1 heterocycles. The second-order valence-electron chi connectivity index (χ2n) is 9.40. The van der Waals surface area contributed by atoms with E-state index in [-0.39, 0.29) is 27.7 Å². The molecule has 1 aliphatic carbocycles. The molecule has 150 valence electrons. The maximum absolute atomic E-state index is 13.4. The summed E-state index contributed by atoms with van der Waals surface area (Å²) in [5.41, 5.74) is 0.596. The maximum Gasteiger partial charge on any atom is 0.251 e. The van der Waals surface area contributed by atoms with E-state index in [1.54, 1.807) is 22.5 Å². The van der Waals surface area contributed by atoms with Gasteiger partial charge in [-0.25, -0.2) is 8.42 Å². The Labute approximate surface area is 163 Å². The van der Waals surface area contributed by atoms with E-state index in [4.69, 9.17) is 0 Å². The fraction of sp³-hybridized carbons (Fsp3) is 0.667. The molecule has 0 spiro atoms. The Balaban J connectivity index is 1.84. The number of unbranched alkanes of at least 4 members (excludes halogenated alkanes) is 1. The van der Waals surface area contributed by atoms with Gasteiger partial charge >= 0.3 is 0 Å². The van der Waals surface area contributed by atoms with Gasteiger partial charge in [0.15, 0.2) is 0 Å². The van der Waals surface area contributed by atoms with E-state index in [9.17, 15) is 13.2 Å². The van der Waals surface area contributed by atoms with Crippen LogP contribution in [-0.4, -0.2) is 37.8 Å². The highest BCUT2D eigenvalue weighted by Crippen LogP contribution is 2.53. The van der Waals surface area contributed by atoms with Crippen LogP contribution in [-0.2, 0) is 10.0 Å². The van der Waals surface area contributed by atoms with Crippen molar-refractivity contribution in [2.75, 3.05) is 13.1 Å². The number of carbonyl (C=O) groups excluding carboxylic acids is 1. The smallest absolute Gasteiger partial charge is 0.251 e. The lowest BCUT2D eigenvalue weighted by atomic mass is 9.65. The van der Waals surface area contributed by atoms with Gasteiger partial charge in [0, 0.05) is 24.7 Å². The Morgan fingerprint density at radius 3 is 2.70 bits per heavy atom. The number of sulfonamides is 1. The Hall–Kier alpha value is -1.40. The largest absolute Gasteiger partial charge is 0.352 e. The van der Waals surface area contributed by atoms with Crippen LogP contribution in [0.5, 0.6) is 0 Å². The monoisotopic (exact) mass is 392 g/mol. The molecule has 5 nitrogen and oxygen atoms in total. The van der Waals surface area contributed by atoms with E-state index in [1.807, 2.05) is 0 Å². The van der Waals surface area contributed by atoms with E-state index in [0.29, 0.717) is 18.7 Å². The van der Waals surface area contributed by atoms with E-state index < -0.39 is 10.0 Å². The quantitative estimate of drug-likeness (QED) is 0.749. The first-order valence-corrected chi connectivity index (χ1v) is 11.4. The second kappa shape index (κ2) is 7.21. The van der Waals surface area contributed by atoms with E-state index in [1.165, 1.54) is 6.07 Å². The summed E-state index contributed by atoms with van der Waals surface area (Å²) in [6.45, 7) is 9.90. The molecule has 3 rings (SSSR count). The van der Waals surface area contributed by atoms with Crippen molar-refractivity contribution in [3.05, 3.63) is 29.8 Å². The molecule has 0 radical (unpaired) electrons. The van der Waals surface area contributed by atoms with Gasteiger partial charge in [-0.05, 0) is 54.7 Å². The third-order valence-electron chi connectivity index (χ3n) is 5.89. The van der Waals surface area contributed by atoms with Crippen molar-refractivity contribution >= 4 is 15.9 Å². The molecule has 1 N–H and O–H groups in total. The van der Waals surface area contributed by atoms with Crippen molar-refractivity contribution in [3.63, 3.8) is 0 Å². The highest BCUT2D eigenvalue weighted by Gasteiger charge is 2.53. The molecule has 1 aliphatic heterocycles. The third kappa shape index (κ3) is 4.21. The molecule has 1 amide bonds. The highest BCUT2D eigenvalue weighted by atomic mass is 32.2. The zero-order valence-corrected chi connectivity index (χ0v) is 17.7. The summed E-state index contributed by atoms with van der Waals surface area (Å²) in [7, 11) is -3.61. The zero-order chi connectivity index (χ0) is 19.9. The van der Waals surface area contributed by atoms with Gasteiger partial charge in [0.1, 0.15) is 0 Å². The summed E-state index contributed by atoms with van der Waals surface area (Å²) in [6.07, 6.45) is 4.77. The predicted octanol–water partition coefficient (Wildman–Crippen LogP) is 3.81. The third-order valence-corrected chi connectivity index (χ3v) is 7.78. The predicted molar refractivity (Wildman–Crippen MR) is 107 cm³/mol. The van der Waals surface area contributed by atoms with E-state index >= 15 is 0 Å². The molecule has 27 heavy (non-hydrogen) atoms. The van der Waals surface area contributed by atoms with Gasteiger partial charge < -0.3 is 5.32 Å². The number of amides is 1. The van der Waals surface area contributed by atoms with Crippen LogP contribution in [0.4, 0.5) is 0 Å². The molecule has 6 heteroatoms. The summed E-state index contributed by atoms with van der Waals surface area (Å²) < 4.78 is 28.4. The van der Waals surface area contributed by atoms with Crippen molar-refractivity contribution in [2.45, 2.75) is 70.7 Å². The first kappa shape index (κ1) is 20.3. The summed E-state index contributed by atoms with van der Waals surface area (Å²) >= 11 is 0.